The summed E-state index contributed by atoms with van der Waals surface area (Å²) in [6, 6.07) is 14.1. The van der Waals surface area contributed by atoms with E-state index in [9.17, 15) is 14.4 Å². The lowest BCUT2D eigenvalue weighted by Crippen LogP contribution is -2.32. The Morgan fingerprint density at radius 2 is 1.37 bits per heavy atom. The Morgan fingerprint density at radius 1 is 0.743 bits per heavy atom. The molecule has 178 valence electrons. The molecule has 0 bridgehead atoms. The van der Waals surface area contributed by atoms with E-state index in [1.165, 1.54) is 12.1 Å². The molecule has 0 spiro atoms. The van der Waals surface area contributed by atoms with Crippen molar-refractivity contribution >= 4 is 92.8 Å². The second-order valence-electron chi connectivity index (χ2n) is 7.47. The quantitative estimate of drug-likeness (QED) is 0.250. The van der Waals surface area contributed by atoms with Crippen LogP contribution in [0, 0.1) is 6.92 Å². The SMILES string of the molecule is Cc1ccc(NC(=O)c2ccc(NC3=C(Cl)C(=O)N(c4cc(Cl)c(Cl)cc4Cl)C3=O)cc2)cc1Cl. The molecule has 35 heavy (non-hydrogen) atoms. The number of rotatable bonds is 5. The molecule has 0 saturated heterocycles. The minimum atomic E-state index is -0.771. The summed E-state index contributed by atoms with van der Waals surface area (Å²) in [4.78, 5) is 39.1. The number of amides is 3. The van der Waals surface area contributed by atoms with Crippen molar-refractivity contribution in [2.75, 3.05) is 15.5 Å². The minimum absolute atomic E-state index is 0.0502. The van der Waals surface area contributed by atoms with Gasteiger partial charge in [-0.05, 0) is 61.0 Å². The Labute approximate surface area is 225 Å². The maximum atomic E-state index is 13.0. The first-order valence-electron chi connectivity index (χ1n) is 9.94. The van der Waals surface area contributed by atoms with Crippen molar-refractivity contribution in [1.82, 2.24) is 0 Å². The van der Waals surface area contributed by atoms with Crippen LogP contribution in [0.1, 0.15) is 15.9 Å². The maximum absolute atomic E-state index is 13.0. The van der Waals surface area contributed by atoms with Crippen molar-refractivity contribution in [1.29, 1.82) is 0 Å². The highest BCUT2D eigenvalue weighted by atomic mass is 35.5. The highest BCUT2D eigenvalue weighted by Gasteiger charge is 2.40. The van der Waals surface area contributed by atoms with Crippen LogP contribution in [0.25, 0.3) is 0 Å². The van der Waals surface area contributed by atoms with E-state index in [4.69, 9.17) is 58.0 Å². The molecular weight excluding hydrogens is 556 g/mol. The molecule has 3 amide bonds. The molecule has 1 heterocycles. The Kier molecular flexibility index (Phi) is 7.31. The van der Waals surface area contributed by atoms with Gasteiger partial charge in [-0.1, -0.05) is 64.1 Å². The van der Waals surface area contributed by atoms with Crippen molar-refractivity contribution in [2.45, 2.75) is 6.92 Å². The lowest BCUT2D eigenvalue weighted by atomic mass is 10.1. The van der Waals surface area contributed by atoms with E-state index < -0.39 is 11.8 Å². The fourth-order valence-corrected chi connectivity index (χ4v) is 4.26. The van der Waals surface area contributed by atoms with Crippen molar-refractivity contribution < 1.29 is 14.4 Å². The number of nitrogens with zero attached hydrogens (tertiary/aromatic N) is 1. The summed E-state index contributed by atoms with van der Waals surface area (Å²) < 4.78 is 0. The Hall–Kier alpha value is -2.74. The molecule has 3 aromatic rings. The largest absolute Gasteiger partial charge is 0.350 e. The van der Waals surface area contributed by atoms with Crippen LogP contribution in [0.2, 0.25) is 20.1 Å². The van der Waals surface area contributed by atoms with E-state index in [-0.39, 0.29) is 37.4 Å². The number of nitrogens with one attached hydrogen (secondary N) is 2. The van der Waals surface area contributed by atoms with E-state index in [0.717, 1.165) is 10.5 Å². The molecule has 0 saturated carbocycles. The number of imide groups is 1. The van der Waals surface area contributed by atoms with Crippen molar-refractivity contribution in [3.8, 4) is 0 Å². The molecule has 0 radical (unpaired) electrons. The van der Waals surface area contributed by atoms with Gasteiger partial charge in [-0.2, -0.15) is 0 Å². The zero-order valence-corrected chi connectivity index (χ0v) is 21.5. The molecule has 1 aliphatic heterocycles. The highest BCUT2D eigenvalue weighted by Crippen LogP contribution is 2.38. The van der Waals surface area contributed by atoms with Gasteiger partial charge in [0.05, 0.1) is 20.8 Å². The number of hydrogen-bond donors (Lipinski definition) is 2. The molecule has 0 aromatic heterocycles. The number of aryl methyl sites for hydroxylation is 1. The van der Waals surface area contributed by atoms with E-state index >= 15 is 0 Å². The van der Waals surface area contributed by atoms with Crippen LogP contribution in [0.5, 0.6) is 0 Å². The number of benzene rings is 3. The molecule has 0 atom stereocenters. The molecule has 4 rings (SSSR count). The number of halogens is 5. The second kappa shape index (κ2) is 10.1. The summed E-state index contributed by atoms with van der Waals surface area (Å²) >= 11 is 30.4. The van der Waals surface area contributed by atoms with Crippen LogP contribution in [-0.4, -0.2) is 17.7 Å². The topological polar surface area (TPSA) is 78.5 Å². The van der Waals surface area contributed by atoms with Gasteiger partial charge >= 0.3 is 0 Å². The molecule has 0 unspecified atom stereocenters. The van der Waals surface area contributed by atoms with Crippen molar-refractivity contribution in [2.24, 2.45) is 0 Å². The Bertz CT molecular complexity index is 1420. The van der Waals surface area contributed by atoms with E-state index in [1.54, 1.807) is 42.5 Å². The van der Waals surface area contributed by atoms with Gasteiger partial charge in [-0.3, -0.25) is 14.4 Å². The molecule has 11 heteroatoms. The molecule has 3 aromatic carbocycles. The summed E-state index contributed by atoms with van der Waals surface area (Å²) in [6.45, 7) is 1.86. The summed E-state index contributed by atoms with van der Waals surface area (Å²) in [5.41, 5.74) is 2.15. The first-order valence-corrected chi connectivity index (χ1v) is 11.8. The highest BCUT2D eigenvalue weighted by molar-refractivity contribution is 6.54. The first kappa shape index (κ1) is 25.4. The summed E-state index contributed by atoms with van der Waals surface area (Å²) in [6.07, 6.45) is 0. The maximum Gasteiger partial charge on any atom is 0.283 e. The summed E-state index contributed by atoms with van der Waals surface area (Å²) in [7, 11) is 0. The normalized spacial score (nSPS) is 13.5. The van der Waals surface area contributed by atoms with Crippen LogP contribution in [0.15, 0.2) is 65.3 Å². The third-order valence-electron chi connectivity index (χ3n) is 5.10. The molecule has 1 aliphatic rings. The van der Waals surface area contributed by atoms with Crippen LogP contribution in [0.3, 0.4) is 0 Å². The molecular formula is C24H14Cl5N3O3. The predicted molar refractivity (Wildman–Crippen MR) is 141 cm³/mol. The van der Waals surface area contributed by atoms with Gasteiger partial charge in [0.25, 0.3) is 17.7 Å². The monoisotopic (exact) mass is 567 g/mol. The van der Waals surface area contributed by atoms with E-state index in [2.05, 4.69) is 10.6 Å². The van der Waals surface area contributed by atoms with Crippen molar-refractivity contribution in [3.05, 3.63) is 96.5 Å². The second-order valence-corrected chi connectivity index (χ2v) is 9.48. The lowest BCUT2D eigenvalue weighted by molar-refractivity contribution is -0.120. The number of carbonyl (C=O) groups excluding carboxylic acids is 3. The van der Waals surface area contributed by atoms with Crippen molar-refractivity contribution in [3.63, 3.8) is 0 Å². The summed E-state index contributed by atoms with van der Waals surface area (Å²) in [5.74, 6) is -1.84. The standard InChI is InChI=1S/C24H14Cl5N3O3/c1-11-2-5-14(8-15(11)25)31-22(33)12-3-6-13(7-4-12)30-21-20(29)23(34)32(24(21)35)19-10-17(27)16(26)9-18(19)28/h2-10,30H,1H3,(H,31,33). The van der Waals surface area contributed by atoms with Gasteiger partial charge in [-0.25, -0.2) is 4.90 Å². The average Bonchev–Trinajstić information content (AvgIpc) is 3.02. The molecule has 6 nitrogen and oxygen atoms in total. The summed E-state index contributed by atoms with van der Waals surface area (Å²) in [5, 5.41) is 6.15. The fourth-order valence-electron chi connectivity index (χ4n) is 3.24. The number of carbonyl (C=O) groups is 3. The first-order chi connectivity index (χ1) is 16.6. The van der Waals surface area contributed by atoms with E-state index in [0.29, 0.717) is 22.0 Å². The Balaban J connectivity index is 1.50. The van der Waals surface area contributed by atoms with Gasteiger partial charge in [0, 0.05) is 22.0 Å². The minimum Gasteiger partial charge on any atom is -0.350 e. The zero-order valence-electron chi connectivity index (χ0n) is 17.8. The third-order valence-corrected chi connectivity index (χ3v) is 6.89. The van der Waals surface area contributed by atoms with Gasteiger partial charge in [0.2, 0.25) is 0 Å². The fraction of sp³-hybridized carbons (Fsp3) is 0.0417. The van der Waals surface area contributed by atoms with Gasteiger partial charge in [0.1, 0.15) is 10.7 Å². The van der Waals surface area contributed by atoms with Crippen LogP contribution in [-0.2, 0) is 9.59 Å². The van der Waals surface area contributed by atoms with Crippen LogP contribution >= 0.6 is 58.0 Å². The molecule has 2 N–H and O–H groups in total. The molecule has 0 aliphatic carbocycles. The van der Waals surface area contributed by atoms with Crippen LogP contribution in [0.4, 0.5) is 17.1 Å². The third kappa shape index (κ3) is 5.13. The zero-order chi connectivity index (χ0) is 25.4. The van der Waals surface area contributed by atoms with Crippen LogP contribution < -0.4 is 15.5 Å². The number of anilines is 3. The average molecular weight is 570 g/mol. The Morgan fingerprint density at radius 3 is 2.03 bits per heavy atom. The molecule has 0 fully saturated rings. The lowest BCUT2D eigenvalue weighted by Gasteiger charge is -2.17. The smallest absolute Gasteiger partial charge is 0.283 e. The van der Waals surface area contributed by atoms with E-state index in [1.807, 2.05) is 6.92 Å². The predicted octanol–water partition coefficient (Wildman–Crippen LogP) is 7.30. The van der Waals surface area contributed by atoms with Gasteiger partial charge in [-0.15, -0.1) is 0 Å². The van der Waals surface area contributed by atoms with Gasteiger partial charge < -0.3 is 10.6 Å². The van der Waals surface area contributed by atoms with Gasteiger partial charge in [0.15, 0.2) is 0 Å². The number of hydrogen-bond acceptors (Lipinski definition) is 4.